The third-order valence-corrected chi connectivity index (χ3v) is 8.44. The van der Waals surface area contributed by atoms with E-state index >= 15 is 0 Å². The molecule has 0 saturated heterocycles. The van der Waals surface area contributed by atoms with Crippen LogP contribution in [0.1, 0.15) is 40.6 Å². The number of nitrogens with zero attached hydrogens (tertiary/aromatic N) is 2. The zero-order chi connectivity index (χ0) is 43.6. The summed E-state index contributed by atoms with van der Waals surface area (Å²) in [5.74, 6) is 3.31. The molecule has 59 heavy (non-hydrogen) atoms. The molecule has 0 aliphatic heterocycles. The van der Waals surface area contributed by atoms with Crippen LogP contribution in [-0.2, 0) is 45.4 Å². The molecule has 0 atom stereocenters. The van der Waals surface area contributed by atoms with Crippen molar-refractivity contribution >= 4 is 64.9 Å². The first kappa shape index (κ1) is 50.1. The molecule has 4 N–H and O–H groups in total. The molecule has 2 heterocycles. The summed E-state index contributed by atoms with van der Waals surface area (Å²) in [7, 11) is 0. The summed E-state index contributed by atoms with van der Waals surface area (Å²) in [6.07, 6.45) is 6.67. The van der Waals surface area contributed by atoms with Gasteiger partial charge in [0.1, 0.15) is 36.2 Å². The largest absolute Gasteiger partial charge is 0.348 e. The lowest BCUT2D eigenvalue weighted by molar-refractivity contribution is -0.620. The topological polar surface area (TPSA) is 149 Å². The number of aromatic nitrogens is 4. The van der Waals surface area contributed by atoms with Crippen molar-refractivity contribution in [2.24, 2.45) is 0 Å². The van der Waals surface area contributed by atoms with Gasteiger partial charge in [-0.15, -0.1) is 5.92 Å². The molecule has 2 aromatic heterocycles. The second-order valence-corrected chi connectivity index (χ2v) is 13.1. The number of hydrogen-bond acceptors (Lipinski definition) is 8. The lowest BCUT2D eigenvalue weighted by atomic mass is 10.1. The van der Waals surface area contributed by atoms with Gasteiger partial charge in [0.25, 0.3) is 0 Å². The Balaban J connectivity index is 0.000000259. The number of aldehydes is 1. The average Bonchev–Trinajstić information content (AvgIpc) is 3.90. The summed E-state index contributed by atoms with van der Waals surface area (Å²) >= 11 is 27.1. The van der Waals surface area contributed by atoms with Gasteiger partial charge in [0.2, 0.25) is 0 Å². The summed E-state index contributed by atoms with van der Waals surface area (Å²) in [6.45, 7) is 1.74. The molecule has 0 aliphatic rings. The summed E-state index contributed by atoms with van der Waals surface area (Å²) < 4.78 is 53.3. The second-order valence-electron chi connectivity index (χ2n) is 11.1. The molecule has 0 radical (unpaired) electrons. The number of H-pyrrole nitrogens is 3. The third-order valence-electron chi connectivity index (χ3n) is 7.05. The number of halogens is 8. The van der Waals surface area contributed by atoms with Crippen molar-refractivity contribution in [2.45, 2.75) is 32.6 Å². The van der Waals surface area contributed by atoms with Crippen LogP contribution in [0.2, 0.25) is 20.1 Å². The molecular formula is C40H33Cl4F4N5O5S. The van der Waals surface area contributed by atoms with Crippen molar-refractivity contribution in [3.8, 4) is 17.9 Å². The van der Waals surface area contributed by atoms with Crippen LogP contribution >= 0.6 is 58.6 Å². The number of imidazole rings is 2. The minimum Gasteiger partial charge on any atom is -0.348 e. The predicted octanol–water partition coefficient (Wildman–Crippen LogP) is 11.4. The Morgan fingerprint density at radius 2 is 1.27 bits per heavy atom. The van der Waals surface area contributed by atoms with Crippen molar-refractivity contribution in [3.63, 3.8) is 0 Å². The van der Waals surface area contributed by atoms with Crippen LogP contribution in [0, 0.1) is 51.2 Å². The maximum Gasteiger partial charge on any atom is 0.174 e. The highest BCUT2D eigenvalue weighted by Crippen LogP contribution is 2.21. The van der Waals surface area contributed by atoms with Gasteiger partial charge in [0.05, 0.1) is 38.9 Å². The molecule has 4 aromatic carbocycles. The Bertz CT molecular complexity index is 2370. The van der Waals surface area contributed by atoms with E-state index in [0.717, 1.165) is 11.4 Å². The molecule has 6 rings (SSSR count). The van der Waals surface area contributed by atoms with E-state index in [1.165, 1.54) is 30.3 Å². The van der Waals surface area contributed by atoms with Crippen LogP contribution < -0.4 is 0 Å². The Kier molecular flexibility index (Phi) is 24.1. The molecular weight excluding hydrogens is 880 g/mol. The summed E-state index contributed by atoms with van der Waals surface area (Å²) in [4.78, 5) is 26.6. The Morgan fingerprint density at radius 3 is 1.71 bits per heavy atom. The van der Waals surface area contributed by atoms with Gasteiger partial charge in [0.15, 0.2) is 4.77 Å². The van der Waals surface area contributed by atoms with Crippen molar-refractivity contribution in [1.29, 1.82) is 5.26 Å². The van der Waals surface area contributed by atoms with Gasteiger partial charge < -0.3 is 19.7 Å². The van der Waals surface area contributed by atoms with E-state index < -0.39 is 11.6 Å². The quantitative estimate of drug-likeness (QED) is 0.0202. The van der Waals surface area contributed by atoms with Crippen molar-refractivity contribution < 1.29 is 42.6 Å². The van der Waals surface area contributed by atoms with Gasteiger partial charge in [-0.3, -0.25) is 0 Å². The SMILES string of the molecule is CC#CCOOOO.Fc1c(Cl)cccc1Cc1c[nH]c(=S)[nH]1.Fc1c(Cl)cccc1Cc1cnc[nH]1.N#CCc1cccc(Cl)c1F.O=CCc1cccc(Cl)c1F. The minimum atomic E-state index is -0.499. The first-order chi connectivity index (χ1) is 28.4. The van der Waals surface area contributed by atoms with E-state index in [0.29, 0.717) is 46.2 Å². The Hall–Kier alpha value is -5.04. The first-order valence-electron chi connectivity index (χ1n) is 16.6. The molecule has 0 bridgehead atoms. The van der Waals surface area contributed by atoms with E-state index in [1.54, 1.807) is 68.1 Å². The van der Waals surface area contributed by atoms with Gasteiger partial charge in [-0.1, -0.05) is 101 Å². The molecule has 0 unspecified atom stereocenters. The van der Waals surface area contributed by atoms with E-state index in [1.807, 2.05) is 6.07 Å². The fourth-order valence-corrected chi connectivity index (χ4v) is 5.31. The van der Waals surface area contributed by atoms with Gasteiger partial charge in [-0.2, -0.15) is 10.1 Å². The van der Waals surface area contributed by atoms with Crippen LogP contribution in [0.25, 0.3) is 0 Å². The van der Waals surface area contributed by atoms with Crippen LogP contribution in [0.4, 0.5) is 17.6 Å². The maximum absolute atomic E-state index is 13.5. The zero-order valence-corrected chi connectivity index (χ0v) is 34.5. The van der Waals surface area contributed by atoms with Crippen LogP contribution in [0.5, 0.6) is 0 Å². The third kappa shape index (κ3) is 18.6. The van der Waals surface area contributed by atoms with Crippen molar-refractivity contribution in [1.82, 2.24) is 19.9 Å². The lowest BCUT2D eigenvalue weighted by Crippen LogP contribution is -1.93. The molecule has 10 nitrogen and oxygen atoms in total. The molecule has 0 spiro atoms. The first-order valence-corrected chi connectivity index (χ1v) is 18.5. The number of hydrogen-bond donors (Lipinski definition) is 4. The molecule has 19 heteroatoms. The highest BCUT2D eigenvalue weighted by molar-refractivity contribution is 7.71. The van der Waals surface area contributed by atoms with Gasteiger partial charge in [-0.05, 0) is 70.2 Å². The average molecular weight is 914 g/mol. The molecule has 6 aromatic rings. The molecule has 0 aliphatic carbocycles. The van der Waals surface area contributed by atoms with Gasteiger partial charge >= 0.3 is 0 Å². The second kappa shape index (κ2) is 28.4. The summed E-state index contributed by atoms with van der Waals surface area (Å²) in [5.41, 5.74) is 3.51. The normalized spacial score (nSPS) is 9.71. The van der Waals surface area contributed by atoms with E-state index in [2.05, 4.69) is 46.7 Å². The molecule has 310 valence electrons. The summed E-state index contributed by atoms with van der Waals surface area (Å²) in [5, 5.41) is 22.9. The van der Waals surface area contributed by atoms with Crippen LogP contribution in [-0.4, -0.2) is 38.1 Å². The summed E-state index contributed by atoms with van der Waals surface area (Å²) in [6, 6.07) is 21.0. The molecule has 0 amide bonds. The monoisotopic (exact) mass is 911 g/mol. The zero-order valence-electron chi connectivity index (χ0n) is 30.7. The standard InChI is InChI=1S/C10H8ClFN2S.C10H8ClFN2.C8H5ClFN.C8H6ClFO.C4H6O4/c11-8-3-1-2-6(9(8)12)4-7-5-13-10(15)14-7;11-9-3-1-2-7(10(9)12)4-8-5-13-6-14-8;2*9-7-3-1-2-6(4-5-11)8(7)10;1-2-3-4-6-8-7-5/h1-3,5H,4H2,(H2,13,14,15);1-3,5-6H,4H2,(H,13,14);1-3H,4H2;1-3,5H,4H2;5H,4H2,1H3. The lowest BCUT2D eigenvalue weighted by Gasteiger charge is -2.02. The number of carbonyl (C=O) groups excluding carboxylic acids is 1. The number of carbonyl (C=O) groups is 1. The van der Waals surface area contributed by atoms with Crippen LogP contribution in [0.3, 0.4) is 0 Å². The van der Waals surface area contributed by atoms with Crippen LogP contribution in [0.15, 0.2) is 91.5 Å². The highest BCUT2D eigenvalue weighted by Gasteiger charge is 2.09. The minimum absolute atomic E-state index is 0.0596. The Labute approximate surface area is 361 Å². The highest BCUT2D eigenvalue weighted by atomic mass is 35.5. The number of nitrogens with one attached hydrogen (secondary N) is 3. The van der Waals surface area contributed by atoms with Gasteiger partial charge in [-0.25, -0.2) is 27.8 Å². The van der Waals surface area contributed by atoms with Gasteiger partial charge in [0, 0.05) is 48.6 Å². The van der Waals surface area contributed by atoms with Crippen molar-refractivity contribution in [3.05, 3.63) is 173 Å². The fourth-order valence-electron chi connectivity index (χ4n) is 4.34. The van der Waals surface area contributed by atoms with Crippen molar-refractivity contribution in [2.75, 3.05) is 6.61 Å². The smallest absolute Gasteiger partial charge is 0.174 e. The van der Waals surface area contributed by atoms with E-state index in [9.17, 15) is 22.4 Å². The van der Waals surface area contributed by atoms with E-state index in [4.69, 9.17) is 69.1 Å². The fraction of sp³-hybridized carbons (Fsp3) is 0.150. The number of nitriles is 1. The molecule has 0 fully saturated rings. The predicted molar refractivity (Wildman–Crippen MR) is 219 cm³/mol. The number of rotatable bonds is 10. The number of aromatic amines is 3. The Morgan fingerprint density at radius 1 is 0.780 bits per heavy atom. The van der Waals surface area contributed by atoms with E-state index in [-0.39, 0.29) is 51.2 Å². The maximum atomic E-state index is 13.5. The number of benzene rings is 4. The molecule has 0 saturated carbocycles.